The molecule has 0 amide bonds. The van der Waals surface area contributed by atoms with E-state index in [1.165, 1.54) is 12.1 Å². The maximum Gasteiger partial charge on any atom is 0.124 e. The zero-order valence-electron chi connectivity index (χ0n) is 7.39. The van der Waals surface area contributed by atoms with Crippen LogP contribution in [0.4, 0.5) is 4.39 Å². The van der Waals surface area contributed by atoms with Gasteiger partial charge in [-0.2, -0.15) is 0 Å². The second-order valence-electron chi connectivity index (χ2n) is 2.98. The summed E-state index contributed by atoms with van der Waals surface area (Å²) in [7, 11) is 0. The largest absolute Gasteiger partial charge is 0.330 e. The molecule has 0 fully saturated rings. The number of rotatable bonds is 4. The van der Waals surface area contributed by atoms with Gasteiger partial charge in [-0.15, -0.1) is 0 Å². The van der Waals surface area contributed by atoms with Crippen molar-refractivity contribution in [2.24, 2.45) is 5.73 Å². The molecule has 0 atom stereocenters. The maximum atomic E-state index is 12.6. The molecule has 0 aliphatic carbocycles. The Morgan fingerprint density at radius 1 is 1.31 bits per heavy atom. The van der Waals surface area contributed by atoms with Crippen molar-refractivity contribution in [3.63, 3.8) is 0 Å². The Morgan fingerprint density at radius 2 is 2.08 bits per heavy atom. The average Bonchev–Trinajstić information content (AvgIpc) is 2.09. The van der Waals surface area contributed by atoms with Crippen LogP contribution in [0.5, 0.6) is 0 Å². The van der Waals surface area contributed by atoms with E-state index in [1.807, 2.05) is 0 Å². The third-order valence-electron chi connectivity index (χ3n) is 1.92. The predicted molar refractivity (Wildman–Crippen MR) is 53.4 cm³/mol. The molecule has 0 radical (unpaired) electrons. The lowest BCUT2D eigenvalue weighted by Crippen LogP contribution is -1.99. The highest BCUT2D eigenvalue weighted by Gasteiger charge is 2.00. The molecule has 1 aromatic rings. The van der Waals surface area contributed by atoms with E-state index < -0.39 is 0 Å². The molecule has 0 aliphatic heterocycles. The molecule has 0 saturated heterocycles. The summed E-state index contributed by atoms with van der Waals surface area (Å²) >= 11 is 5.84. The fourth-order valence-corrected chi connectivity index (χ4v) is 1.45. The number of aryl methyl sites for hydroxylation is 1. The molecule has 1 nitrogen and oxygen atoms in total. The van der Waals surface area contributed by atoms with E-state index in [-0.39, 0.29) is 5.82 Å². The van der Waals surface area contributed by atoms with Crippen LogP contribution < -0.4 is 5.73 Å². The molecule has 0 aliphatic rings. The highest BCUT2D eigenvalue weighted by Crippen LogP contribution is 2.18. The molecule has 0 heterocycles. The zero-order valence-corrected chi connectivity index (χ0v) is 8.15. The Morgan fingerprint density at radius 3 is 2.69 bits per heavy atom. The Balaban J connectivity index is 2.56. The van der Waals surface area contributed by atoms with Gasteiger partial charge in [-0.25, -0.2) is 4.39 Å². The van der Waals surface area contributed by atoms with Gasteiger partial charge in [0.25, 0.3) is 0 Å². The van der Waals surface area contributed by atoms with Gasteiger partial charge in [-0.05, 0) is 43.5 Å². The number of halogens is 2. The Labute approximate surface area is 82.7 Å². The molecule has 13 heavy (non-hydrogen) atoms. The van der Waals surface area contributed by atoms with Crippen molar-refractivity contribution in [1.82, 2.24) is 0 Å². The minimum Gasteiger partial charge on any atom is -0.330 e. The SMILES string of the molecule is NCCCCc1ccc(F)cc1Cl. The minimum absolute atomic E-state index is 0.285. The van der Waals surface area contributed by atoms with Crippen LogP contribution in [0.3, 0.4) is 0 Å². The topological polar surface area (TPSA) is 26.0 Å². The van der Waals surface area contributed by atoms with Gasteiger partial charge in [0.15, 0.2) is 0 Å². The fourth-order valence-electron chi connectivity index (χ4n) is 1.18. The third kappa shape index (κ3) is 3.33. The average molecular weight is 202 g/mol. The molecular formula is C10H13ClFN. The third-order valence-corrected chi connectivity index (χ3v) is 2.27. The quantitative estimate of drug-likeness (QED) is 0.745. The molecule has 72 valence electrons. The van der Waals surface area contributed by atoms with Gasteiger partial charge in [0.1, 0.15) is 5.82 Å². The van der Waals surface area contributed by atoms with Crippen LogP contribution in [0.2, 0.25) is 5.02 Å². The van der Waals surface area contributed by atoms with E-state index in [0.717, 1.165) is 24.8 Å². The van der Waals surface area contributed by atoms with Crippen LogP contribution in [0.1, 0.15) is 18.4 Å². The first-order valence-corrected chi connectivity index (χ1v) is 4.76. The number of benzene rings is 1. The lowest BCUT2D eigenvalue weighted by atomic mass is 10.1. The molecule has 0 saturated carbocycles. The number of hydrogen-bond acceptors (Lipinski definition) is 1. The molecule has 0 aromatic heterocycles. The summed E-state index contributed by atoms with van der Waals surface area (Å²) in [5, 5.41) is 0.511. The van der Waals surface area contributed by atoms with Gasteiger partial charge in [0.05, 0.1) is 0 Å². The second kappa shape index (κ2) is 5.20. The van der Waals surface area contributed by atoms with Gasteiger partial charge in [-0.3, -0.25) is 0 Å². The van der Waals surface area contributed by atoms with Crippen LogP contribution in [0.25, 0.3) is 0 Å². The standard InChI is InChI=1S/C10H13ClFN/c11-10-7-9(12)5-4-8(10)3-1-2-6-13/h4-5,7H,1-3,6,13H2. The minimum atomic E-state index is -0.285. The van der Waals surface area contributed by atoms with Crippen LogP contribution in [0, 0.1) is 5.82 Å². The van der Waals surface area contributed by atoms with Gasteiger partial charge in [-0.1, -0.05) is 17.7 Å². The number of unbranched alkanes of at least 4 members (excludes halogenated alkanes) is 1. The first-order valence-electron chi connectivity index (χ1n) is 4.38. The summed E-state index contributed by atoms with van der Waals surface area (Å²) in [6.07, 6.45) is 2.85. The number of nitrogens with two attached hydrogens (primary N) is 1. The fraction of sp³-hybridized carbons (Fsp3) is 0.400. The smallest absolute Gasteiger partial charge is 0.124 e. The van der Waals surface area contributed by atoms with Crippen LogP contribution in [0.15, 0.2) is 18.2 Å². The summed E-state index contributed by atoms with van der Waals surface area (Å²) < 4.78 is 12.6. The van der Waals surface area contributed by atoms with Crippen molar-refractivity contribution < 1.29 is 4.39 Å². The Hall–Kier alpha value is -0.600. The van der Waals surface area contributed by atoms with Crippen molar-refractivity contribution in [3.8, 4) is 0 Å². The lowest BCUT2D eigenvalue weighted by Gasteiger charge is -2.03. The predicted octanol–water partition coefficient (Wildman–Crippen LogP) is 2.76. The maximum absolute atomic E-state index is 12.6. The molecule has 0 bridgehead atoms. The van der Waals surface area contributed by atoms with Gasteiger partial charge in [0.2, 0.25) is 0 Å². The molecular weight excluding hydrogens is 189 g/mol. The van der Waals surface area contributed by atoms with Gasteiger partial charge >= 0.3 is 0 Å². The van der Waals surface area contributed by atoms with E-state index in [2.05, 4.69) is 0 Å². The summed E-state index contributed by atoms with van der Waals surface area (Å²) in [5.41, 5.74) is 6.36. The summed E-state index contributed by atoms with van der Waals surface area (Å²) in [6, 6.07) is 4.51. The molecule has 0 spiro atoms. The van der Waals surface area contributed by atoms with Crippen LogP contribution in [-0.2, 0) is 6.42 Å². The monoisotopic (exact) mass is 201 g/mol. The van der Waals surface area contributed by atoms with Gasteiger partial charge < -0.3 is 5.73 Å². The van der Waals surface area contributed by atoms with Crippen LogP contribution >= 0.6 is 11.6 Å². The summed E-state index contributed by atoms with van der Waals surface area (Å²) in [5.74, 6) is -0.285. The van der Waals surface area contributed by atoms with E-state index in [1.54, 1.807) is 6.07 Å². The molecule has 1 rings (SSSR count). The van der Waals surface area contributed by atoms with Gasteiger partial charge in [0, 0.05) is 5.02 Å². The van der Waals surface area contributed by atoms with E-state index in [0.29, 0.717) is 11.6 Å². The summed E-state index contributed by atoms with van der Waals surface area (Å²) in [4.78, 5) is 0. The zero-order chi connectivity index (χ0) is 9.68. The lowest BCUT2D eigenvalue weighted by molar-refractivity contribution is 0.626. The highest BCUT2D eigenvalue weighted by atomic mass is 35.5. The first-order chi connectivity index (χ1) is 6.24. The molecule has 1 aromatic carbocycles. The van der Waals surface area contributed by atoms with E-state index >= 15 is 0 Å². The van der Waals surface area contributed by atoms with E-state index in [4.69, 9.17) is 17.3 Å². The Kier molecular flexibility index (Phi) is 4.19. The second-order valence-corrected chi connectivity index (χ2v) is 3.39. The molecule has 3 heteroatoms. The highest BCUT2D eigenvalue weighted by molar-refractivity contribution is 6.31. The number of hydrogen-bond donors (Lipinski definition) is 1. The van der Waals surface area contributed by atoms with Crippen LogP contribution in [-0.4, -0.2) is 6.54 Å². The van der Waals surface area contributed by atoms with Crippen molar-refractivity contribution in [3.05, 3.63) is 34.6 Å². The molecule has 2 N–H and O–H groups in total. The van der Waals surface area contributed by atoms with Crippen molar-refractivity contribution in [2.75, 3.05) is 6.54 Å². The van der Waals surface area contributed by atoms with Crippen molar-refractivity contribution in [2.45, 2.75) is 19.3 Å². The van der Waals surface area contributed by atoms with Crippen molar-refractivity contribution >= 4 is 11.6 Å². The summed E-state index contributed by atoms with van der Waals surface area (Å²) in [6.45, 7) is 0.693. The van der Waals surface area contributed by atoms with Crippen molar-refractivity contribution in [1.29, 1.82) is 0 Å². The van der Waals surface area contributed by atoms with E-state index in [9.17, 15) is 4.39 Å². The molecule has 0 unspecified atom stereocenters. The normalized spacial score (nSPS) is 10.4. The first kappa shape index (κ1) is 10.5. The Bertz CT molecular complexity index is 276.